The highest BCUT2D eigenvalue weighted by molar-refractivity contribution is 5.58. The van der Waals surface area contributed by atoms with Crippen molar-refractivity contribution < 1.29 is 14.2 Å². The van der Waals surface area contributed by atoms with E-state index in [9.17, 15) is 9.50 Å². The van der Waals surface area contributed by atoms with E-state index in [0.717, 1.165) is 38.0 Å². The van der Waals surface area contributed by atoms with Crippen molar-refractivity contribution in [1.82, 2.24) is 4.90 Å². The molecule has 5 heteroatoms. The molecule has 0 aromatic heterocycles. The van der Waals surface area contributed by atoms with E-state index in [1.807, 2.05) is 6.08 Å². The maximum absolute atomic E-state index is 13.6. The summed E-state index contributed by atoms with van der Waals surface area (Å²) in [5.74, 6) is 0.972. The van der Waals surface area contributed by atoms with Crippen LogP contribution < -0.4 is 5.32 Å². The van der Waals surface area contributed by atoms with Crippen molar-refractivity contribution in [1.29, 1.82) is 0 Å². The number of hydrogen-bond donors (Lipinski definition) is 2. The smallest absolute Gasteiger partial charge is 0.118 e. The van der Waals surface area contributed by atoms with Gasteiger partial charge in [-0.3, -0.25) is 4.90 Å². The Morgan fingerprint density at radius 1 is 1.29 bits per heavy atom. The first-order valence-electron chi connectivity index (χ1n) is 11.9. The second-order valence-electron chi connectivity index (χ2n) is 9.56. The quantitative estimate of drug-likeness (QED) is 0.628. The number of nitrogens with one attached hydrogen (secondary N) is 1. The van der Waals surface area contributed by atoms with E-state index < -0.39 is 0 Å². The molecule has 0 saturated carbocycles. The van der Waals surface area contributed by atoms with E-state index >= 15 is 0 Å². The van der Waals surface area contributed by atoms with Gasteiger partial charge in [0.15, 0.2) is 0 Å². The molecule has 0 radical (unpaired) electrons. The summed E-state index contributed by atoms with van der Waals surface area (Å²) in [7, 11) is 0. The van der Waals surface area contributed by atoms with Crippen molar-refractivity contribution >= 4 is 5.69 Å². The second-order valence-corrected chi connectivity index (χ2v) is 9.56. The fraction of sp³-hybridized carbons (Fsp3) is 0.615. The summed E-state index contributed by atoms with van der Waals surface area (Å²) in [5.41, 5.74) is 3.76. The van der Waals surface area contributed by atoms with E-state index in [1.165, 1.54) is 11.1 Å². The van der Waals surface area contributed by atoms with Crippen LogP contribution in [0.3, 0.4) is 0 Å². The molecular formula is C26H37FN2O2. The molecule has 1 aliphatic carbocycles. The highest BCUT2D eigenvalue weighted by atomic mass is 19.1. The average Bonchev–Trinajstić information content (AvgIpc) is 2.78. The van der Waals surface area contributed by atoms with Crippen LogP contribution in [0.4, 0.5) is 10.1 Å². The van der Waals surface area contributed by atoms with Gasteiger partial charge in [0, 0.05) is 42.2 Å². The zero-order valence-electron chi connectivity index (χ0n) is 19.1. The largest absolute Gasteiger partial charge is 0.395 e. The molecule has 0 amide bonds. The van der Waals surface area contributed by atoms with Crippen LogP contribution in [-0.2, 0) is 4.74 Å². The highest BCUT2D eigenvalue weighted by Gasteiger charge is 2.44. The number of hydrogen-bond acceptors (Lipinski definition) is 4. The number of fused-ring (bicyclic) bond motifs is 3. The van der Waals surface area contributed by atoms with Crippen molar-refractivity contribution in [3.05, 3.63) is 53.4 Å². The minimum Gasteiger partial charge on any atom is -0.395 e. The standard InChI is InChI=1S/C26H37FN2O2/c1-4-29(13-14-30)16-21-10-11-22-25(18-5-8-20(27)9-6-18)28-24-12-7-19(17(2)3)15-23(24)26(22)31-21/h5,7-9,12,15,17-18,21-22,25-26,28,30H,4,6,10-11,13-14,16H2,1-3H3/t18?,21-,22+,25+,26+/m1/s1. The molecule has 0 spiro atoms. The van der Waals surface area contributed by atoms with Gasteiger partial charge in [0.05, 0.1) is 18.8 Å². The van der Waals surface area contributed by atoms with Crippen LogP contribution in [-0.4, -0.2) is 48.4 Å². The van der Waals surface area contributed by atoms with Gasteiger partial charge in [-0.1, -0.05) is 39.0 Å². The fourth-order valence-electron chi connectivity index (χ4n) is 5.42. The van der Waals surface area contributed by atoms with Crippen LogP contribution >= 0.6 is 0 Å². The third kappa shape index (κ3) is 4.89. The van der Waals surface area contributed by atoms with Gasteiger partial charge in [0.2, 0.25) is 0 Å². The lowest BCUT2D eigenvalue weighted by Gasteiger charge is -2.48. The number of rotatable bonds is 7. The molecule has 5 atom stereocenters. The molecule has 2 N–H and O–H groups in total. The van der Waals surface area contributed by atoms with Gasteiger partial charge < -0.3 is 15.2 Å². The fourth-order valence-corrected chi connectivity index (χ4v) is 5.42. The second kappa shape index (κ2) is 9.85. The average molecular weight is 429 g/mol. The molecule has 1 unspecified atom stereocenters. The van der Waals surface area contributed by atoms with Crippen LogP contribution in [0, 0.1) is 11.8 Å². The predicted octanol–water partition coefficient (Wildman–Crippen LogP) is 5.18. The zero-order chi connectivity index (χ0) is 22.0. The normalized spacial score (nSPS) is 30.0. The number of ether oxygens (including phenoxy) is 1. The molecule has 2 heterocycles. The van der Waals surface area contributed by atoms with Crippen LogP contribution in [0.15, 0.2) is 42.3 Å². The minimum atomic E-state index is -0.130. The first-order valence-corrected chi connectivity index (χ1v) is 11.9. The summed E-state index contributed by atoms with van der Waals surface area (Å²) in [4.78, 5) is 2.27. The molecule has 4 rings (SSSR count). The number of nitrogens with zero attached hydrogens (tertiary/aromatic N) is 1. The van der Waals surface area contributed by atoms with Crippen molar-refractivity contribution in [2.75, 3.05) is 31.6 Å². The van der Waals surface area contributed by atoms with E-state index in [4.69, 9.17) is 4.74 Å². The molecule has 4 nitrogen and oxygen atoms in total. The van der Waals surface area contributed by atoms with Crippen LogP contribution in [0.1, 0.15) is 63.2 Å². The molecule has 1 aromatic rings. The lowest BCUT2D eigenvalue weighted by atomic mass is 9.72. The Labute approximate surface area is 186 Å². The molecule has 31 heavy (non-hydrogen) atoms. The monoisotopic (exact) mass is 428 g/mol. The topological polar surface area (TPSA) is 44.7 Å². The Kier molecular flexibility index (Phi) is 7.15. The van der Waals surface area contributed by atoms with Gasteiger partial charge in [-0.15, -0.1) is 0 Å². The third-order valence-electron chi connectivity index (χ3n) is 7.26. The summed E-state index contributed by atoms with van der Waals surface area (Å²) in [5, 5.41) is 13.2. The van der Waals surface area contributed by atoms with Gasteiger partial charge >= 0.3 is 0 Å². The highest BCUT2D eigenvalue weighted by Crippen LogP contribution is 2.48. The minimum absolute atomic E-state index is 0.0516. The third-order valence-corrected chi connectivity index (χ3v) is 7.26. The molecule has 1 aromatic carbocycles. The van der Waals surface area contributed by atoms with E-state index in [2.05, 4.69) is 49.2 Å². The number of anilines is 1. The van der Waals surface area contributed by atoms with E-state index in [1.54, 1.807) is 12.2 Å². The van der Waals surface area contributed by atoms with Gasteiger partial charge in [-0.2, -0.15) is 0 Å². The number of benzene rings is 1. The first kappa shape index (κ1) is 22.5. The van der Waals surface area contributed by atoms with E-state index in [-0.39, 0.29) is 36.6 Å². The van der Waals surface area contributed by atoms with E-state index in [0.29, 0.717) is 18.4 Å². The summed E-state index contributed by atoms with van der Waals surface area (Å²) in [6, 6.07) is 6.98. The van der Waals surface area contributed by atoms with Gasteiger partial charge in [0.1, 0.15) is 5.83 Å². The lowest BCUT2D eigenvalue weighted by Crippen LogP contribution is -2.48. The van der Waals surface area contributed by atoms with Crippen molar-refractivity contribution in [2.24, 2.45) is 11.8 Å². The molecule has 1 saturated heterocycles. The van der Waals surface area contributed by atoms with Crippen LogP contribution in [0.5, 0.6) is 0 Å². The molecule has 3 aliphatic rings. The Morgan fingerprint density at radius 2 is 2.13 bits per heavy atom. The lowest BCUT2D eigenvalue weighted by molar-refractivity contribution is -0.105. The van der Waals surface area contributed by atoms with Crippen molar-refractivity contribution in [2.45, 2.75) is 64.2 Å². The molecule has 2 aliphatic heterocycles. The number of aliphatic hydroxyl groups is 1. The van der Waals surface area contributed by atoms with Crippen LogP contribution in [0.25, 0.3) is 0 Å². The molecule has 0 bridgehead atoms. The van der Waals surface area contributed by atoms with Gasteiger partial charge in [-0.05, 0) is 55.5 Å². The Bertz CT molecular complexity index is 822. The summed E-state index contributed by atoms with van der Waals surface area (Å²) in [6.45, 7) is 9.22. The SMILES string of the molecule is CCN(CCO)C[C@H]1CC[C@@H]2[C@H](O1)c1cc(C(C)C)ccc1N[C@H]2C1C=CC(F)=CC1. The summed E-state index contributed by atoms with van der Waals surface area (Å²) in [6.07, 6.45) is 8.40. The number of likely N-dealkylation sites (N-methyl/N-ethyl adjacent to an activating group) is 1. The predicted molar refractivity (Wildman–Crippen MR) is 124 cm³/mol. The number of allylic oxidation sites excluding steroid dienone is 3. The number of halogens is 1. The molecule has 1 fully saturated rings. The number of aliphatic hydroxyl groups excluding tert-OH is 1. The zero-order valence-corrected chi connectivity index (χ0v) is 19.1. The Hall–Kier alpha value is -1.69. The maximum atomic E-state index is 13.6. The Balaban J connectivity index is 1.61. The maximum Gasteiger partial charge on any atom is 0.118 e. The van der Waals surface area contributed by atoms with Crippen molar-refractivity contribution in [3.8, 4) is 0 Å². The van der Waals surface area contributed by atoms with Gasteiger partial charge in [0.25, 0.3) is 0 Å². The molecular weight excluding hydrogens is 391 g/mol. The summed E-state index contributed by atoms with van der Waals surface area (Å²) >= 11 is 0. The van der Waals surface area contributed by atoms with Crippen LogP contribution in [0.2, 0.25) is 0 Å². The van der Waals surface area contributed by atoms with Gasteiger partial charge in [-0.25, -0.2) is 4.39 Å². The summed E-state index contributed by atoms with van der Waals surface area (Å²) < 4.78 is 20.4. The first-order chi connectivity index (χ1) is 15.0. The molecule has 170 valence electrons. The Morgan fingerprint density at radius 3 is 2.81 bits per heavy atom. The van der Waals surface area contributed by atoms with Crippen molar-refractivity contribution in [3.63, 3.8) is 0 Å².